The van der Waals surface area contributed by atoms with Crippen molar-refractivity contribution in [1.29, 1.82) is 0 Å². The summed E-state index contributed by atoms with van der Waals surface area (Å²) in [7, 11) is 5.64. The first-order valence-electron chi connectivity index (χ1n) is 19.2. The van der Waals surface area contributed by atoms with Crippen LogP contribution >= 0.6 is 0 Å². The van der Waals surface area contributed by atoms with Gasteiger partial charge in [-0.15, -0.1) is 0 Å². The number of methoxy groups -OCH3 is 6. The Morgan fingerprint density at radius 2 is 0.636 bits per heavy atom. The van der Waals surface area contributed by atoms with Crippen LogP contribution in [0, 0.1) is 0 Å². The normalized spacial score (nSPS) is 13.0. The minimum absolute atomic E-state index is 0.254. The van der Waals surface area contributed by atoms with Crippen molar-refractivity contribution < 1.29 is 95.5 Å². The molecule has 6 atom stereocenters. The Labute approximate surface area is 375 Å². The number of rotatable bonds is 26. The zero-order chi connectivity index (χ0) is 49.9. The molecule has 9 N–H and O–H groups in total. The molecule has 0 aliphatic rings. The molecule has 1 rings (SSSR count). The SMILES string of the molecule is COC(=O)C[C@H](NC(=O)OCc1ccccc1)C(=O)N[C@H](CC(=O)OC)C(=O)N[C@H](CC(=O)OC)C(=O)N[C@H](CC(=O)OC)C(=O)N[C@@H](CC(=O)OC)C(=O)N[C@@H](CC(=O)OC)C(=O)NN. The maximum atomic E-state index is 13.8. The first-order valence-corrected chi connectivity index (χ1v) is 19.2. The van der Waals surface area contributed by atoms with Gasteiger partial charge in [-0.05, 0) is 5.56 Å². The van der Waals surface area contributed by atoms with Crippen molar-refractivity contribution in [3.8, 4) is 0 Å². The Balaban J connectivity index is 3.51. The number of hydrogen-bond donors (Lipinski definition) is 8. The Morgan fingerprint density at radius 1 is 0.394 bits per heavy atom. The molecule has 1 aromatic carbocycles. The van der Waals surface area contributed by atoms with Crippen molar-refractivity contribution in [2.75, 3.05) is 42.7 Å². The lowest BCUT2D eigenvalue weighted by Gasteiger charge is -2.26. The standard InChI is InChI=1S/C38H52N8O20/c1-60-26(47)12-20(41-34(55)22(14-28(49)62-3)43-36(57)24(16-30(51)64-5)45-38(59)66-18-19-10-8-7-9-11-19)32(53)40-21(13-27(48)61-2)33(54)42-23(15-29(50)63-4)35(56)44-25(37(58)46-39)17-31(52)65-6/h7-11,20-25H,12-18,39H2,1-6H3,(H,40,53)(H,41,55)(H,42,54)(H,43,57)(H,44,56)(H,45,59)(H,46,58)/t20-,21-,22-,23+,24+,25+/m1/s1. The van der Waals surface area contributed by atoms with E-state index in [4.69, 9.17) is 10.6 Å². The third-order valence-electron chi connectivity index (χ3n) is 8.72. The molecule has 0 aromatic heterocycles. The molecule has 66 heavy (non-hydrogen) atoms. The minimum atomic E-state index is -2.05. The summed E-state index contributed by atoms with van der Waals surface area (Å²) >= 11 is 0. The van der Waals surface area contributed by atoms with Crippen LogP contribution in [0.5, 0.6) is 0 Å². The third-order valence-corrected chi connectivity index (χ3v) is 8.72. The van der Waals surface area contributed by atoms with E-state index in [-0.39, 0.29) is 6.61 Å². The second-order valence-electron chi connectivity index (χ2n) is 13.3. The van der Waals surface area contributed by atoms with Gasteiger partial charge in [0, 0.05) is 0 Å². The molecule has 28 heteroatoms. The number of ether oxygens (including phenoxy) is 7. The average Bonchev–Trinajstić information content (AvgIpc) is 3.31. The van der Waals surface area contributed by atoms with Crippen LogP contribution in [0.3, 0.4) is 0 Å². The molecule has 0 radical (unpaired) electrons. The van der Waals surface area contributed by atoms with E-state index in [1.54, 1.807) is 35.8 Å². The molecule has 28 nitrogen and oxygen atoms in total. The lowest BCUT2D eigenvalue weighted by molar-refractivity contribution is -0.147. The number of benzene rings is 1. The number of esters is 6. The summed E-state index contributed by atoms with van der Waals surface area (Å²) in [5.41, 5.74) is 2.28. The first-order chi connectivity index (χ1) is 31.2. The van der Waals surface area contributed by atoms with Crippen LogP contribution in [0.1, 0.15) is 44.1 Å². The van der Waals surface area contributed by atoms with Gasteiger partial charge in [0.2, 0.25) is 29.5 Å². The highest BCUT2D eigenvalue weighted by atomic mass is 16.6. The topological polar surface area (TPSA) is 397 Å². The summed E-state index contributed by atoms with van der Waals surface area (Å²) < 4.78 is 32.6. The summed E-state index contributed by atoms with van der Waals surface area (Å²) in [4.78, 5) is 167. The molecule has 7 amide bonds. The number of hydrazine groups is 1. The van der Waals surface area contributed by atoms with E-state index in [2.05, 4.69) is 60.3 Å². The fraction of sp³-hybridized carbons (Fsp3) is 0.500. The summed E-state index contributed by atoms with van der Waals surface area (Å²) in [6, 6.07) is -3.17. The molecule has 0 unspecified atom stereocenters. The lowest BCUT2D eigenvalue weighted by Crippen LogP contribution is -2.60. The van der Waals surface area contributed by atoms with E-state index in [9.17, 15) is 62.3 Å². The number of hydrogen-bond acceptors (Lipinski definition) is 21. The molecular weight excluding hydrogens is 888 g/mol. The lowest BCUT2D eigenvalue weighted by atomic mass is 10.1. The highest BCUT2D eigenvalue weighted by molar-refractivity contribution is 6.00. The van der Waals surface area contributed by atoms with E-state index in [1.165, 1.54) is 0 Å². The van der Waals surface area contributed by atoms with Gasteiger partial charge in [-0.3, -0.25) is 63.0 Å². The fourth-order valence-electron chi connectivity index (χ4n) is 5.12. The minimum Gasteiger partial charge on any atom is -0.469 e. The van der Waals surface area contributed by atoms with Crippen molar-refractivity contribution >= 4 is 77.4 Å². The van der Waals surface area contributed by atoms with Crippen LogP contribution in [0.4, 0.5) is 4.79 Å². The molecule has 0 spiro atoms. The zero-order valence-electron chi connectivity index (χ0n) is 36.5. The molecular formula is C38H52N8O20. The highest BCUT2D eigenvalue weighted by Gasteiger charge is 2.37. The molecule has 0 saturated heterocycles. The van der Waals surface area contributed by atoms with Crippen LogP contribution < -0.4 is 43.2 Å². The van der Waals surface area contributed by atoms with Crippen molar-refractivity contribution in [3.63, 3.8) is 0 Å². The number of carbonyl (C=O) groups excluding carboxylic acids is 13. The van der Waals surface area contributed by atoms with Crippen LogP contribution in [-0.2, 0) is 97.3 Å². The molecule has 0 saturated carbocycles. The quantitative estimate of drug-likeness (QED) is 0.0142. The Kier molecular flexibility index (Phi) is 25.0. The van der Waals surface area contributed by atoms with Gasteiger partial charge >= 0.3 is 41.9 Å². The predicted molar refractivity (Wildman–Crippen MR) is 215 cm³/mol. The number of nitrogens with two attached hydrogens (primary N) is 1. The van der Waals surface area contributed by atoms with Gasteiger partial charge in [0.15, 0.2) is 0 Å². The predicted octanol–water partition coefficient (Wildman–Crippen LogP) is -4.93. The smallest absolute Gasteiger partial charge is 0.408 e. The van der Waals surface area contributed by atoms with Crippen molar-refractivity contribution in [3.05, 3.63) is 35.9 Å². The maximum absolute atomic E-state index is 13.8. The number of carbonyl (C=O) groups is 13. The van der Waals surface area contributed by atoms with E-state index in [0.29, 0.717) is 5.56 Å². The Morgan fingerprint density at radius 3 is 0.879 bits per heavy atom. The molecule has 0 aliphatic heterocycles. The zero-order valence-corrected chi connectivity index (χ0v) is 36.5. The summed E-state index contributed by atoms with van der Waals surface area (Å²) in [5, 5.41) is 12.7. The summed E-state index contributed by atoms with van der Waals surface area (Å²) in [6.45, 7) is -0.254. The van der Waals surface area contributed by atoms with E-state index < -0.39 is 152 Å². The van der Waals surface area contributed by atoms with Crippen molar-refractivity contribution in [2.24, 2.45) is 5.84 Å². The summed E-state index contributed by atoms with van der Waals surface area (Å²) in [6.07, 6.45) is -6.64. The second-order valence-corrected chi connectivity index (χ2v) is 13.3. The molecule has 0 aliphatic carbocycles. The average molecular weight is 941 g/mol. The van der Waals surface area contributed by atoms with Gasteiger partial charge in [0.05, 0.1) is 81.2 Å². The third kappa shape index (κ3) is 20.5. The van der Waals surface area contributed by atoms with Crippen LogP contribution in [0.25, 0.3) is 0 Å². The molecule has 0 fully saturated rings. The van der Waals surface area contributed by atoms with Gasteiger partial charge in [-0.1, -0.05) is 30.3 Å². The van der Waals surface area contributed by atoms with E-state index in [0.717, 1.165) is 42.7 Å². The highest BCUT2D eigenvalue weighted by Crippen LogP contribution is 2.08. The van der Waals surface area contributed by atoms with Gasteiger partial charge in [0.1, 0.15) is 42.9 Å². The number of alkyl carbamates (subject to hydrolysis) is 1. The van der Waals surface area contributed by atoms with Crippen LogP contribution in [-0.4, -0.2) is 156 Å². The molecule has 1 aromatic rings. The van der Waals surface area contributed by atoms with Gasteiger partial charge in [-0.2, -0.15) is 0 Å². The Bertz CT molecular complexity index is 1930. The van der Waals surface area contributed by atoms with Crippen molar-refractivity contribution in [1.82, 2.24) is 37.3 Å². The molecule has 0 bridgehead atoms. The molecule has 364 valence electrons. The van der Waals surface area contributed by atoms with Gasteiger partial charge < -0.3 is 65.1 Å². The van der Waals surface area contributed by atoms with E-state index >= 15 is 0 Å². The number of amides is 7. The Hall–Kier alpha value is -7.91. The number of nitrogens with one attached hydrogen (secondary N) is 7. The van der Waals surface area contributed by atoms with E-state index in [1.807, 2.05) is 0 Å². The first kappa shape index (κ1) is 56.1. The second kappa shape index (κ2) is 29.5. The van der Waals surface area contributed by atoms with Crippen molar-refractivity contribution in [2.45, 2.75) is 81.4 Å². The maximum Gasteiger partial charge on any atom is 0.408 e. The van der Waals surface area contributed by atoms with Crippen LogP contribution in [0.15, 0.2) is 30.3 Å². The fourth-order valence-corrected chi connectivity index (χ4v) is 5.12. The molecule has 0 heterocycles. The van der Waals surface area contributed by atoms with Gasteiger partial charge in [-0.25, -0.2) is 10.6 Å². The van der Waals surface area contributed by atoms with Gasteiger partial charge in [0.25, 0.3) is 5.91 Å². The largest absolute Gasteiger partial charge is 0.469 e. The van der Waals surface area contributed by atoms with Crippen LogP contribution in [0.2, 0.25) is 0 Å². The summed E-state index contributed by atoms with van der Waals surface area (Å²) in [5.74, 6) is -9.12. The monoisotopic (exact) mass is 940 g/mol.